The maximum atomic E-state index is 12.9. The summed E-state index contributed by atoms with van der Waals surface area (Å²) in [6, 6.07) is 12.2. The number of nitrogens with zero attached hydrogens (tertiary/aromatic N) is 5. The molecule has 0 aliphatic rings. The highest BCUT2D eigenvalue weighted by molar-refractivity contribution is 5.57. The highest BCUT2D eigenvalue weighted by Gasteiger charge is 2.19. The second-order valence-electron chi connectivity index (χ2n) is 5.93. The van der Waals surface area contributed by atoms with E-state index in [4.69, 9.17) is 4.74 Å². The first-order chi connectivity index (χ1) is 13.5. The first kappa shape index (κ1) is 18.8. The Morgan fingerprint density at radius 1 is 1.25 bits per heavy atom. The van der Waals surface area contributed by atoms with E-state index in [1.54, 1.807) is 62.8 Å². The topological polar surface area (TPSA) is 113 Å². The van der Waals surface area contributed by atoms with Gasteiger partial charge in [-0.1, -0.05) is 6.07 Å². The van der Waals surface area contributed by atoms with E-state index in [2.05, 4.69) is 15.2 Å². The number of aromatic nitrogens is 2. The molecular formula is C20H17N5O3. The Balaban J connectivity index is 2.07. The van der Waals surface area contributed by atoms with Gasteiger partial charge in [-0.3, -0.25) is 14.3 Å². The van der Waals surface area contributed by atoms with Crippen molar-refractivity contribution in [2.75, 3.05) is 7.11 Å². The van der Waals surface area contributed by atoms with E-state index < -0.39 is 11.4 Å². The molecule has 0 unspecified atom stereocenters. The summed E-state index contributed by atoms with van der Waals surface area (Å²) in [5.74, 6) is 0.266. The molecule has 28 heavy (non-hydrogen) atoms. The molecule has 0 saturated heterocycles. The normalized spacial score (nSPS) is 10.8. The van der Waals surface area contributed by atoms with Crippen molar-refractivity contribution in [1.29, 1.82) is 5.26 Å². The van der Waals surface area contributed by atoms with E-state index in [0.717, 1.165) is 4.57 Å². The summed E-state index contributed by atoms with van der Waals surface area (Å²) in [7, 11) is 1.56. The van der Waals surface area contributed by atoms with Gasteiger partial charge in [0.1, 0.15) is 17.4 Å². The number of rotatable bonds is 5. The molecule has 0 saturated carbocycles. The van der Waals surface area contributed by atoms with E-state index in [9.17, 15) is 15.2 Å². The maximum Gasteiger partial charge on any atom is 0.281 e. The molecule has 0 aliphatic heterocycles. The molecular weight excluding hydrogens is 358 g/mol. The van der Waals surface area contributed by atoms with Gasteiger partial charge in [-0.05, 0) is 42.8 Å². The van der Waals surface area contributed by atoms with Gasteiger partial charge in [-0.25, -0.2) is 0 Å². The quantitative estimate of drug-likeness (QED) is 0.685. The van der Waals surface area contributed by atoms with E-state index in [1.165, 1.54) is 0 Å². The Morgan fingerprint density at radius 2 is 2.00 bits per heavy atom. The predicted molar refractivity (Wildman–Crippen MR) is 102 cm³/mol. The molecule has 0 radical (unpaired) electrons. The van der Waals surface area contributed by atoms with E-state index in [0.29, 0.717) is 17.0 Å². The van der Waals surface area contributed by atoms with Crippen molar-refractivity contribution < 1.29 is 9.84 Å². The highest BCUT2D eigenvalue weighted by Crippen LogP contribution is 2.27. The summed E-state index contributed by atoms with van der Waals surface area (Å²) in [4.78, 5) is 16.9. The van der Waals surface area contributed by atoms with Gasteiger partial charge in [0, 0.05) is 18.0 Å². The number of hydrogen-bond acceptors (Lipinski definition) is 7. The minimum absolute atomic E-state index is 0.00550. The lowest BCUT2D eigenvalue weighted by Gasteiger charge is -2.12. The van der Waals surface area contributed by atoms with E-state index in [-0.39, 0.29) is 23.4 Å². The zero-order valence-electron chi connectivity index (χ0n) is 15.3. The molecule has 0 spiro atoms. The fourth-order valence-corrected chi connectivity index (χ4v) is 2.63. The fourth-order valence-electron chi connectivity index (χ4n) is 2.63. The third-order valence-electron chi connectivity index (χ3n) is 4.17. The Hall–Kier alpha value is -3.99. The number of ether oxygens (including phenoxy) is 1. The number of hydrogen-bond donors (Lipinski definition) is 1. The number of pyridine rings is 2. The molecule has 3 rings (SSSR count). The molecule has 1 aromatic carbocycles. The van der Waals surface area contributed by atoms with Gasteiger partial charge in [0.15, 0.2) is 5.69 Å². The Morgan fingerprint density at radius 3 is 2.61 bits per heavy atom. The monoisotopic (exact) mass is 375 g/mol. The standard InChI is InChI=1S/C20H17N5O3/c1-13-17(10-21)19(26)25(12-14-4-3-9-22-11-14)20(27)18(13)24-23-15-5-7-16(28-2)8-6-15/h3-9,11,26H,12H2,1-2H3. The van der Waals surface area contributed by atoms with Crippen molar-refractivity contribution in [3.63, 3.8) is 0 Å². The number of benzene rings is 1. The van der Waals surface area contributed by atoms with Crippen LogP contribution in [0.1, 0.15) is 16.7 Å². The molecule has 1 N–H and O–H groups in total. The lowest BCUT2D eigenvalue weighted by molar-refractivity contribution is 0.412. The zero-order valence-corrected chi connectivity index (χ0v) is 15.3. The summed E-state index contributed by atoms with van der Waals surface area (Å²) in [6.07, 6.45) is 3.19. The van der Waals surface area contributed by atoms with Crippen molar-refractivity contribution in [2.24, 2.45) is 10.2 Å². The first-order valence-electron chi connectivity index (χ1n) is 8.36. The largest absolute Gasteiger partial charge is 0.497 e. The van der Waals surface area contributed by atoms with Crippen LogP contribution in [0.25, 0.3) is 0 Å². The predicted octanol–water partition coefficient (Wildman–Crippen LogP) is 3.60. The molecule has 2 aromatic heterocycles. The molecule has 0 aliphatic carbocycles. The highest BCUT2D eigenvalue weighted by atomic mass is 16.5. The van der Waals surface area contributed by atoms with Gasteiger partial charge in [-0.2, -0.15) is 10.4 Å². The molecule has 0 atom stereocenters. The first-order valence-corrected chi connectivity index (χ1v) is 8.36. The van der Waals surface area contributed by atoms with Crippen LogP contribution >= 0.6 is 0 Å². The molecule has 3 aromatic rings. The minimum atomic E-state index is -0.546. The van der Waals surface area contributed by atoms with Crippen molar-refractivity contribution in [3.8, 4) is 17.7 Å². The van der Waals surface area contributed by atoms with Gasteiger partial charge in [0.05, 0.1) is 19.3 Å². The second kappa shape index (κ2) is 8.14. The summed E-state index contributed by atoms with van der Waals surface area (Å²) < 4.78 is 6.18. The van der Waals surface area contributed by atoms with Crippen LogP contribution in [0.15, 0.2) is 63.8 Å². The van der Waals surface area contributed by atoms with Crippen molar-refractivity contribution in [2.45, 2.75) is 13.5 Å². The maximum absolute atomic E-state index is 12.9. The Bertz CT molecular complexity index is 1110. The number of azo groups is 1. The Kier molecular flexibility index (Phi) is 5.46. The van der Waals surface area contributed by atoms with Crippen LogP contribution in [0.2, 0.25) is 0 Å². The van der Waals surface area contributed by atoms with E-state index >= 15 is 0 Å². The van der Waals surface area contributed by atoms with Gasteiger partial charge >= 0.3 is 0 Å². The van der Waals surface area contributed by atoms with Crippen LogP contribution in [-0.4, -0.2) is 21.8 Å². The number of aromatic hydroxyl groups is 1. The van der Waals surface area contributed by atoms with Gasteiger partial charge in [0.2, 0.25) is 5.88 Å². The van der Waals surface area contributed by atoms with Crippen LogP contribution in [0.3, 0.4) is 0 Å². The van der Waals surface area contributed by atoms with Crippen molar-refractivity contribution in [3.05, 3.63) is 75.8 Å². The lowest BCUT2D eigenvalue weighted by atomic mass is 10.1. The van der Waals surface area contributed by atoms with Crippen LogP contribution in [0.5, 0.6) is 11.6 Å². The van der Waals surface area contributed by atoms with Crippen LogP contribution in [0.4, 0.5) is 11.4 Å². The third kappa shape index (κ3) is 3.73. The molecule has 0 fully saturated rings. The van der Waals surface area contributed by atoms with Crippen LogP contribution < -0.4 is 10.3 Å². The summed E-state index contributed by atoms with van der Waals surface area (Å²) in [5, 5.41) is 28.0. The molecule has 140 valence electrons. The van der Waals surface area contributed by atoms with Gasteiger partial charge in [0.25, 0.3) is 5.56 Å². The number of nitriles is 1. The van der Waals surface area contributed by atoms with Crippen LogP contribution in [-0.2, 0) is 6.54 Å². The van der Waals surface area contributed by atoms with Crippen molar-refractivity contribution >= 4 is 11.4 Å². The SMILES string of the molecule is COc1ccc(N=Nc2c(C)c(C#N)c(O)n(Cc3cccnc3)c2=O)cc1. The summed E-state index contributed by atoms with van der Waals surface area (Å²) >= 11 is 0. The molecule has 8 heteroatoms. The van der Waals surface area contributed by atoms with Gasteiger partial charge < -0.3 is 9.84 Å². The zero-order chi connectivity index (χ0) is 20.1. The average molecular weight is 375 g/mol. The smallest absolute Gasteiger partial charge is 0.281 e. The Labute approximate surface area is 161 Å². The van der Waals surface area contributed by atoms with Crippen molar-refractivity contribution in [1.82, 2.24) is 9.55 Å². The lowest BCUT2D eigenvalue weighted by Crippen LogP contribution is -2.22. The number of methoxy groups -OCH3 is 1. The minimum Gasteiger partial charge on any atom is -0.497 e. The van der Waals surface area contributed by atoms with E-state index in [1.807, 2.05) is 6.07 Å². The fraction of sp³-hybridized carbons (Fsp3) is 0.150. The molecule has 8 nitrogen and oxygen atoms in total. The summed E-state index contributed by atoms with van der Waals surface area (Å²) in [5.41, 5.74) is 0.914. The average Bonchev–Trinajstić information content (AvgIpc) is 2.72. The third-order valence-corrected chi connectivity index (χ3v) is 4.17. The second-order valence-corrected chi connectivity index (χ2v) is 5.93. The molecule has 0 amide bonds. The van der Waals surface area contributed by atoms with Gasteiger partial charge in [-0.15, -0.1) is 5.11 Å². The van der Waals surface area contributed by atoms with Crippen LogP contribution in [0, 0.1) is 18.3 Å². The summed E-state index contributed by atoms with van der Waals surface area (Å²) in [6.45, 7) is 1.61. The molecule has 2 heterocycles. The molecule has 0 bridgehead atoms.